The third-order valence-corrected chi connectivity index (χ3v) is 7.83. The fraction of sp³-hybridized carbons (Fsp3) is 0.217. The molecule has 0 radical (unpaired) electrons. The molecule has 0 bridgehead atoms. The van der Waals surface area contributed by atoms with Crippen LogP contribution in [0.1, 0.15) is 45.1 Å². The van der Waals surface area contributed by atoms with Crippen LogP contribution in [0.25, 0.3) is 0 Å². The first-order valence-electron chi connectivity index (χ1n) is 9.97. The van der Waals surface area contributed by atoms with E-state index in [0.717, 1.165) is 24.4 Å². The molecule has 1 aromatic heterocycles. The van der Waals surface area contributed by atoms with E-state index >= 15 is 0 Å². The molecular formula is C23H18Br2N2O5S. The molecule has 3 heterocycles. The Morgan fingerprint density at radius 1 is 1.15 bits per heavy atom. The number of fused-ring (bicyclic) bond motifs is 3. The lowest BCUT2D eigenvalue weighted by atomic mass is 9.96. The number of benzene rings is 2. The van der Waals surface area contributed by atoms with Crippen LogP contribution in [0.3, 0.4) is 0 Å². The van der Waals surface area contributed by atoms with Crippen molar-refractivity contribution < 1.29 is 24.1 Å². The van der Waals surface area contributed by atoms with Gasteiger partial charge in [-0.2, -0.15) is 5.10 Å². The van der Waals surface area contributed by atoms with Crippen molar-refractivity contribution >= 4 is 54.9 Å². The highest BCUT2D eigenvalue weighted by molar-refractivity contribution is 9.11. The van der Waals surface area contributed by atoms with Crippen LogP contribution in [0.2, 0.25) is 0 Å². The standard InChI is InChI=1S/C23H18Br2N2O5S/c1-30-17-6-4-12(20(23(28)29)21(17)31-2)22-27-15(13-9-11(24)3-5-16(13)32-22)10-14(26-27)18-7-8-19(25)33-18/h3-9,15,22H,10H2,1-2H3,(H,28,29). The van der Waals surface area contributed by atoms with E-state index in [2.05, 4.69) is 31.9 Å². The molecule has 0 saturated heterocycles. The van der Waals surface area contributed by atoms with Crippen molar-refractivity contribution in [3.63, 3.8) is 0 Å². The van der Waals surface area contributed by atoms with Gasteiger partial charge in [-0.25, -0.2) is 9.80 Å². The van der Waals surface area contributed by atoms with E-state index in [-0.39, 0.29) is 17.4 Å². The zero-order valence-corrected chi connectivity index (χ0v) is 21.5. The Bertz CT molecular complexity index is 1290. The highest BCUT2D eigenvalue weighted by Crippen LogP contribution is 2.50. The largest absolute Gasteiger partial charge is 0.493 e. The first-order valence-corrected chi connectivity index (χ1v) is 12.4. The van der Waals surface area contributed by atoms with Gasteiger partial charge in [-0.3, -0.25) is 0 Å². The van der Waals surface area contributed by atoms with Crippen molar-refractivity contribution in [1.82, 2.24) is 5.01 Å². The number of halogens is 2. The minimum atomic E-state index is -1.13. The van der Waals surface area contributed by atoms with Gasteiger partial charge in [-0.15, -0.1) is 11.3 Å². The maximum atomic E-state index is 12.3. The van der Waals surface area contributed by atoms with Gasteiger partial charge < -0.3 is 19.3 Å². The van der Waals surface area contributed by atoms with Gasteiger partial charge in [0, 0.05) is 22.0 Å². The number of carboxylic acids is 1. The summed E-state index contributed by atoms with van der Waals surface area (Å²) in [5, 5.41) is 16.8. The van der Waals surface area contributed by atoms with E-state index in [4.69, 9.17) is 19.3 Å². The maximum Gasteiger partial charge on any atom is 0.340 e. The number of hydrogen-bond acceptors (Lipinski definition) is 7. The molecule has 170 valence electrons. The summed E-state index contributed by atoms with van der Waals surface area (Å²) in [7, 11) is 2.90. The molecule has 10 heteroatoms. The van der Waals surface area contributed by atoms with Crippen LogP contribution in [0.15, 0.2) is 55.8 Å². The van der Waals surface area contributed by atoms with Crippen LogP contribution >= 0.6 is 43.2 Å². The first-order chi connectivity index (χ1) is 15.9. The van der Waals surface area contributed by atoms with Crippen LogP contribution in [-0.4, -0.2) is 36.0 Å². The van der Waals surface area contributed by atoms with E-state index in [1.807, 2.05) is 35.3 Å². The third kappa shape index (κ3) is 3.79. The Balaban J connectivity index is 1.68. The minimum Gasteiger partial charge on any atom is -0.493 e. The fourth-order valence-electron chi connectivity index (χ4n) is 4.25. The maximum absolute atomic E-state index is 12.3. The lowest BCUT2D eigenvalue weighted by Gasteiger charge is -2.38. The Labute approximate surface area is 210 Å². The molecule has 0 saturated carbocycles. The number of hydrogen-bond donors (Lipinski definition) is 1. The molecule has 0 aliphatic carbocycles. The fourth-order valence-corrected chi connectivity index (χ4v) is 6.01. The molecule has 7 nitrogen and oxygen atoms in total. The molecule has 2 aliphatic heterocycles. The van der Waals surface area contributed by atoms with Crippen molar-refractivity contribution in [3.8, 4) is 17.2 Å². The Morgan fingerprint density at radius 3 is 2.64 bits per heavy atom. The minimum absolute atomic E-state index is 0.0105. The summed E-state index contributed by atoms with van der Waals surface area (Å²) < 4.78 is 19.1. The van der Waals surface area contributed by atoms with E-state index in [1.165, 1.54) is 14.2 Å². The van der Waals surface area contributed by atoms with Gasteiger partial charge in [0.15, 0.2) is 11.5 Å². The van der Waals surface area contributed by atoms with Gasteiger partial charge in [-0.1, -0.05) is 15.9 Å². The van der Waals surface area contributed by atoms with E-state index in [9.17, 15) is 9.90 Å². The molecule has 0 amide bonds. The summed E-state index contributed by atoms with van der Waals surface area (Å²) in [6, 6.07) is 13.1. The van der Waals surface area contributed by atoms with Crippen molar-refractivity contribution in [2.45, 2.75) is 18.7 Å². The Kier molecular flexibility index (Phi) is 5.84. The monoisotopic (exact) mass is 592 g/mol. The molecule has 5 rings (SSSR count). The van der Waals surface area contributed by atoms with Gasteiger partial charge in [-0.05, 0) is 58.4 Å². The highest BCUT2D eigenvalue weighted by Gasteiger charge is 2.43. The molecule has 0 spiro atoms. The topological polar surface area (TPSA) is 80.6 Å². The van der Waals surface area contributed by atoms with Crippen LogP contribution in [0, 0.1) is 0 Å². The Morgan fingerprint density at radius 2 is 1.97 bits per heavy atom. The van der Waals surface area contributed by atoms with Crippen LogP contribution in [-0.2, 0) is 0 Å². The number of carbonyl (C=O) groups is 1. The number of carboxylic acid groups (broad SMARTS) is 1. The van der Waals surface area contributed by atoms with Gasteiger partial charge in [0.2, 0.25) is 6.23 Å². The molecule has 2 aromatic carbocycles. The molecular weight excluding hydrogens is 576 g/mol. The van der Waals surface area contributed by atoms with Crippen molar-refractivity contribution in [2.75, 3.05) is 14.2 Å². The smallest absolute Gasteiger partial charge is 0.340 e. The second-order valence-electron chi connectivity index (χ2n) is 7.47. The second-order valence-corrected chi connectivity index (χ2v) is 10.9. The average molecular weight is 594 g/mol. The number of nitrogens with zero attached hydrogens (tertiary/aromatic N) is 2. The molecule has 2 aliphatic rings. The Hall–Kier alpha value is -2.56. The number of hydrazone groups is 1. The summed E-state index contributed by atoms with van der Waals surface area (Å²) in [6.07, 6.45) is -0.0816. The van der Waals surface area contributed by atoms with E-state index < -0.39 is 12.2 Å². The van der Waals surface area contributed by atoms with Crippen LogP contribution in [0.5, 0.6) is 17.2 Å². The molecule has 3 aromatic rings. The van der Waals surface area contributed by atoms with Gasteiger partial charge in [0.05, 0.1) is 34.6 Å². The molecule has 2 atom stereocenters. The predicted molar refractivity (Wildman–Crippen MR) is 132 cm³/mol. The van der Waals surface area contributed by atoms with Gasteiger partial charge in [0.25, 0.3) is 0 Å². The second kappa shape index (κ2) is 8.66. The lowest BCUT2D eigenvalue weighted by Crippen LogP contribution is -2.34. The number of ether oxygens (including phenoxy) is 3. The molecule has 2 unspecified atom stereocenters. The zero-order valence-electron chi connectivity index (χ0n) is 17.5. The lowest BCUT2D eigenvalue weighted by molar-refractivity contribution is -0.0199. The first kappa shape index (κ1) is 22.2. The zero-order chi connectivity index (χ0) is 23.3. The number of aromatic carboxylic acids is 1. The van der Waals surface area contributed by atoms with Crippen LogP contribution < -0.4 is 14.2 Å². The summed E-state index contributed by atoms with van der Waals surface area (Å²) in [5.74, 6) is 0.0479. The van der Waals surface area contributed by atoms with Crippen molar-refractivity contribution in [3.05, 3.63) is 72.3 Å². The van der Waals surface area contributed by atoms with Crippen molar-refractivity contribution in [1.29, 1.82) is 0 Å². The van der Waals surface area contributed by atoms with E-state index in [1.54, 1.807) is 23.5 Å². The number of thiophene rings is 1. The quantitative estimate of drug-likeness (QED) is 0.378. The van der Waals surface area contributed by atoms with Crippen LogP contribution in [0.4, 0.5) is 0 Å². The van der Waals surface area contributed by atoms with Crippen molar-refractivity contribution in [2.24, 2.45) is 5.10 Å². The molecule has 1 N–H and O–H groups in total. The van der Waals surface area contributed by atoms with E-state index in [0.29, 0.717) is 23.5 Å². The van der Waals surface area contributed by atoms with Gasteiger partial charge >= 0.3 is 5.97 Å². The third-order valence-electron chi connectivity index (χ3n) is 5.67. The number of methoxy groups -OCH3 is 2. The summed E-state index contributed by atoms with van der Waals surface area (Å²) >= 11 is 8.68. The summed E-state index contributed by atoms with van der Waals surface area (Å²) in [6.45, 7) is 0. The highest BCUT2D eigenvalue weighted by atomic mass is 79.9. The average Bonchev–Trinajstić information content (AvgIpc) is 3.44. The molecule has 0 fully saturated rings. The molecule has 33 heavy (non-hydrogen) atoms. The summed E-state index contributed by atoms with van der Waals surface area (Å²) in [5.41, 5.74) is 2.35. The van der Waals surface area contributed by atoms with Gasteiger partial charge in [0.1, 0.15) is 11.3 Å². The normalized spacial score (nSPS) is 18.8. The predicted octanol–water partition coefficient (Wildman–Crippen LogP) is 6.23. The number of rotatable bonds is 5. The summed E-state index contributed by atoms with van der Waals surface area (Å²) in [4.78, 5) is 13.4. The SMILES string of the molecule is COc1ccc(C2Oc3ccc(Br)cc3C3CC(c4ccc(Br)s4)=NN32)c(C(=O)O)c1OC.